The number of amides is 1. The SMILES string of the molecule is Nc1nc2ccc(C(=O)NCc3ncon3)cc2s1. The van der Waals surface area contributed by atoms with Crippen LogP contribution in [-0.4, -0.2) is 21.0 Å². The summed E-state index contributed by atoms with van der Waals surface area (Å²) in [7, 11) is 0. The highest BCUT2D eigenvalue weighted by atomic mass is 32.1. The normalized spacial score (nSPS) is 10.7. The highest BCUT2D eigenvalue weighted by molar-refractivity contribution is 7.22. The van der Waals surface area contributed by atoms with E-state index in [1.165, 1.54) is 17.7 Å². The molecule has 2 heterocycles. The quantitative estimate of drug-likeness (QED) is 0.743. The highest BCUT2D eigenvalue weighted by Crippen LogP contribution is 2.24. The molecule has 3 rings (SSSR count). The second-order valence-corrected chi connectivity index (χ2v) is 4.83. The minimum absolute atomic E-state index is 0.210. The van der Waals surface area contributed by atoms with E-state index in [9.17, 15) is 4.79 Å². The molecule has 1 aromatic carbocycles. The van der Waals surface area contributed by atoms with Crippen LogP contribution in [0.25, 0.3) is 10.2 Å². The molecule has 0 spiro atoms. The summed E-state index contributed by atoms with van der Waals surface area (Å²) in [6.07, 6.45) is 1.22. The maximum atomic E-state index is 11.9. The van der Waals surface area contributed by atoms with Gasteiger partial charge in [-0.25, -0.2) is 4.98 Å². The fourth-order valence-corrected chi connectivity index (χ4v) is 2.39. The molecule has 0 aliphatic carbocycles. The van der Waals surface area contributed by atoms with Crippen LogP contribution >= 0.6 is 11.3 Å². The molecule has 0 aliphatic heterocycles. The number of carbonyl (C=O) groups is 1. The molecule has 0 saturated heterocycles. The lowest BCUT2D eigenvalue weighted by Gasteiger charge is -2.02. The van der Waals surface area contributed by atoms with E-state index in [0.29, 0.717) is 16.5 Å². The van der Waals surface area contributed by atoms with Crippen LogP contribution < -0.4 is 11.1 Å². The maximum absolute atomic E-state index is 11.9. The van der Waals surface area contributed by atoms with Crippen LogP contribution in [0.1, 0.15) is 16.2 Å². The Labute approximate surface area is 111 Å². The van der Waals surface area contributed by atoms with E-state index in [2.05, 4.69) is 25.0 Å². The molecule has 96 valence electrons. The van der Waals surface area contributed by atoms with E-state index in [1.54, 1.807) is 18.2 Å². The first kappa shape index (κ1) is 11.6. The van der Waals surface area contributed by atoms with Crippen molar-refractivity contribution in [3.8, 4) is 0 Å². The number of benzene rings is 1. The number of aromatic nitrogens is 3. The second-order valence-electron chi connectivity index (χ2n) is 3.76. The Balaban J connectivity index is 1.77. The zero-order valence-electron chi connectivity index (χ0n) is 9.66. The molecule has 7 nitrogen and oxygen atoms in total. The van der Waals surface area contributed by atoms with Gasteiger partial charge in [0, 0.05) is 5.56 Å². The molecule has 3 N–H and O–H groups in total. The number of nitrogen functional groups attached to an aromatic ring is 1. The van der Waals surface area contributed by atoms with Crippen molar-refractivity contribution in [1.82, 2.24) is 20.4 Å². The van der Waals surface area contributed by atoms with Crippen molar-refractivity contribution < 1.29 is 9.32 Å². The fraction of sp³-hybridized carbons (Fsp3) is 0.0909. The Morgan fingerprint density at radius 3 is 3.16 bits per heavy atom. The lowest BCUT2D eigenvalue weighted by Crippen LogP contribution is -2.23. The Hall–Kier alpha value is -2.48. The predicted octanol–water partition coefficient (Wildman–Crippen LogP) is 1.19. The topological polar surface area (TPSA) is 107 Å². The second kappa shape index (κ2) is 4.65. The molecule has 0 unspecified atom stereocenters. The maximum Gasteiger partial charge on any atom is 0.251 e. The fourth-order valence-electron chi connectivity index (χ4n) is 1.62. The van der Waals surface area contributed by atoms with Crippen molar-refractivity contribution in [2.75, 3.05) is 5.73 Å². The van der Waals surface area contributed by atoms with Gasteiger partial charge in [0.25, 0.3) is 5.91 Å². The summed E-state index contributed by atoms with van der Waals surface area (Å²) in [4.78, 5) is 19.9. The standard InChI is InChI=1S/C11H9N5O2S/c12-11-15-7-2-1-6(3-8(7)19-11)10(17)13-4-9-14-5-18-16-9/h1-3,5H,4H2,(H2,12,15)(H,13,17). The van der Waals surface area contributed by atoms with Crippen LogP contribution in [0, 0.1) is 0 Å². The van der Waals surface area contributed by atoms with Gasteiger partial charge in [-0.3, -0.25) is 4.79 Å². The summed E-state index contributed by atoms with van der Waals surface area (Å²) in [6.45, 7) is 0.220. The van der Waals surface area contributed by atoms with Crippen LogP contribution in [0.3, 0.4) is 0 Å². The van der Waals surface area contributed by atoms with Gasteiger partial charge < -0.3 is 15.6 Å². The molecule has 3 aromatic rings. The molecule has 8 heteroatoms. The Bertz CT molecular complexity index is 722. The van der Waals surface area contributed by atoms with Gasteiger partial charge in [0.1, 0.15) is 0 Å². The number of nitrogens with two attached hydrogens (primary N) is 1. The summed E-state index contributed by atoms with van der Waals surface area (Å²) >= 11 is 1.35. The van der Waals surface area contributed by atoms with Crippen LogP contribution in [-0.2, 0) is 6.54 Å². The first-order chi connectivity index (χ1) is 9.22. The van der Waals surface area contributed by atoms with Gasteiger partial charge in [0.15, 0.2) is 11.0 Å². The summed E-state index contributed by atoms with van der Waals surface area (Å²) in [5, 5.41) is 6.80. The van der Waals surface area contributed by atoms with Crippen molar-refractivity contribution in [3.63, 3.8) is 0 Å². The third-order valence-corrected chi connectivity index (χ3v) is 3.33. The Kier molecular flexibility index (Phi) is 2.84. The van der Waals surface area contributed by atoms with Gasteiger partial charge in [-0.15, -0.1) is 0 Å². The number of hydrogen-bond donors (Lipinski definition) is 2. The molecule has 0 atom stereocenters. The summed E-state index contributed by atoms with van der Waals surface area (Å²) < 4.78 is 5.46. The lowest BCUT2D eigenvalue weighted by molar-refractivity contribution is 0.0950. The third kappa shape index (κ3) is 2.38. The van der Waals surface area contributed by atoms with E-state index in [1.807, 2.05) is 0 Å². The van der Waals surface area contributed by atoms with Gasteiger partial charge in [0.05, 0.1) is 16.8 Å². The number of fused-ring (bicyclic) bond motifs is 1. The number of hydrogen-bond acceptors (Lipinski definition) is 7. The van der Waals surface area contributed by atoms with E-state index < -0.39 is 0 Å². The predicted molar refractivity (Wildman–Crippen MR) is 69.5 cm³/mol. The van der Waals surface area contributed by atoms with Crippen molar-refractivity contribution in [3.05, 3.63) is 36.0 Å². The molecular weight excluding hydrogens is 266 g/mol. The van der Waals surface area contributed by atoms with E-state index in [-0.39, 0.29) is 12.5 Å². The van der Waals surface area contributed by atoms with Crippen molar-refractivity contribution in [2.24, 2.45) is 0 Å². The molecule has 0 aliphatic rings. The molecule has 1 amide bonds. The minimum atomic E-state index is -0.210. The van der Waals surface area contributed by atoms with E-state index in [4.69, 9.17) is 5.73 Å². The highest BCUT2D eigenvalue weighted by Gasteiger charge is 2.09. The van der Waals surface area contributed by atoms with Gasteiger partial charge in [0.2, 0.25) is 6.39 Å². The number of anilines is 1. The van der Waals surface area contributed by atoms with Crippen molar-refractivity contribution in [2.45, 2.75) is 6.54 Å². The van der Waals surface area contributed by atoms with Gasteiger partial charge in [-0.1, -0.05) is 16.5 Å². The van der Waals surface area contributed by atoms with Gasteiger partial charge >= 0.3 is 0 Å². The van der Waals surface area contributed by atoms with Crippen LogP contribution in [0.15, 0.2) is 29.1 Å². The van der Waals surface area contributed by atoms with Crippen LogP contribution in [0.4, 0.5) is 5.13 Å². The van der Waals surface area contributed by atoms with Crippen LogP contribution in [0.2, 0.25) is 0 Å². The Morgan fingerprint density at radius 1 is 1.47 bits per heavy atom. The average molecular weight is 275 g/mol. The van der Waals surface area contributed by atoms with Crippen LogP contribution in [0.5, 0.6) is 0 Å². The number of rotatable bonds is 3. The number of nitrogens with zero attached hydrogens (tertiary/aromatic N) is 3. The lowest BCUT2D eigenvalue weighted by atomic mass is 10.2. The summed E-state index contributed by atoms with van der Waals surface area (Å²) in [5.74, 6) is 0.218. The largest absolute Gasteiger partial charge is 0.375 e. The molecule has 0 saturated carbocycles. The smallest absolute Gasteiger partial charge is 0.251 e. The first-order valence-electron chi connectivity index (χ1n) is 5.42. The van der Waals surface area contributed by atoms with Gasteiger partial charge in [-0.05, 0) is 18.2 Å². The number of thiazole rings is 1. The molecule has 0 bridgehead atoms. The van der Waals surface area contributed by atoms with Crippen molar-refractivity contribution >= 4 is 32.6 Å². The summed E-state index contributed by atoms with van der Waals surface area (Å²) in [6, 6.07) is 5.23. The molecule has 2 aromatic heterocycles. The number of nitrogens with one attached hydrogen (secondary N) is 1. The molecular formula is C11H9N5O2S. The zero-order chi connectivity index (χ0) is 13.2. The van der Waals surface area contributed by atoms with E-state index in [0.717, 1.165) is 10.2 Å². The molecule has 0 fully saturated rings. The minimum Gasteiger partial charge on any atom is -0.375 e. The third-order valence-electron chi connectivity index (χ3n) is 2.48. The molecule has 19 heavy (non-hydrogen) atoms. The average Bonchev–Trinajstić information content (AvgIpc) is 3.02. The molecule has 0 radical (unpaired) electrons. The first-order valence-corrected chi connectivity index (χ1v) is 6.23. The Morgan fingerprint density at radius 2 is 2.37 bits per heavy atom. The summed E-state index contributed by atoms with van der Waals surface area (Å²) in [5.41, 5.74) is 6.95. The van der Waals surface area contributed by atoms with Crippen molar-refractivity contribution in [1.29, 1.82) is 0 Å². The number of carbonyl (C=O) groups excluding carboxylic acids is 1. The zero-order valence-corrected chi connectivity index (χ0v) is 10.5. The van der Waals surface area contributed by atoms with Gasteiger partial charge in [-0.2, -0.15) is 4.98 Å². The monoisotopic (exact) mass is 275 g/mol. The van der Waals surface area contributed by atoms with E-state index >= 15 is 0 Å².